The lowest BCUT2D eigenvalue weighted by Crippen LogP contribution is -1.88. The number of hydrogen-bond donors (Lipinski definition) is 1. The Balaban J connectivity index is 2.89. The second kappa shape index (κ2) is 4.14. The SMILES string of the molecule is N#CCc1cccc(C=NN)c1. The standard InChI is InChI=1S/C9H9N3/c10-5-4-8-2-1-3-9(6-8)7-12-11/h1-3,6-7H,4,11H2. The summed E-state index contributed by atoms with van der Waals surface area (Å²) in [6, 6.07) is 9.63. The minimum absolute atomic E-state index is 0.423. The van der Waals surface area contributed by atoms with Gasteiger partial charge in [0.2, 0.25) is 0 Å². The van der Waals surface area contributed by atoms with E-state index in [1.54, 1.807) is 6.21 Å². The molecule has 0 aliphatic rings. The fourth-order valence-corrected chi connectivity index (χ4v) is 0.961. The molecular formula is C9H9N3. The van der Waals surface area contributed by atoms with Gasteiger partial charge in [-0.05, 0) is 17.2 Å². The first-order chi connectivity index (χ1) is 5.86. The second-order valence-corrected chi connectivity index (χ2v) is 2.36. The van der Waals surface area contributed by atoms with Gasteiger partial charge >= 0.3 is 0 Å². The first-order valence-corrected chi connectivity index (χ1v) is 3.56. The smallest absolute Gasteiger partial charge is 0.0669 e. The van der Waals surface area contributed by atoms with E-state index >= 15 is 0 Å². The van der Waals surface area contributed by atoms with Crippen LogP contribution in [0.1, 0.15) is 11.1 Å². The fraction of sp³-hybridized carbons (Fsp3) is 0.111. The molecule has 0 heterocycles. The highest BCUT2D eigenvalue weighted by atomic mass is 15.1. The van der Waals surface area contributed by atoms with Crippen LogP contribution in [0.2, 0.25) is 0 Å². The summed E-state index contributed by atoms with van der Waals surface area (Å²) in [5.41, 5.74) is 1.90. The number of hydrogen-bond acceptors (Lipinski definition) is 3. The van der Waals surface area contributed by atoms with Gasteiger partial charge in [-0.3, -0.25) is 0 Å². The predicted octanol–water partition coefficient (Wildman–Crippen LogP) is 1.05. The van der Waals surface area contributed by atoms with E-state index in [0.717, 1.165) is 11.1 Å². The molecule has 0 aliphatic carbocycles. The average Bonchev–Trinajstić information content (AvgIpc) is 2.06. The molecule has 0 aliphatic heterocycles. The van der Waals surface area contributed by atoms with Crippen LogP contribution in [0.15, 0.2) is 29.4 Å². The van der Waals surface area contributed by atoms with E-state index in [9.17, 15) is 0 Å². The molecule has 60 valence electrons. The van der Waals surface area contributed by atoms with Gasteiger partial charge in [-0.2, -0.15) is 10.4 Å². The Kier molecular flexibility index (Phi) is 2.86. The van der Waals surface area contributed by atoms with Gasteiger partial charge in [0.05, 0.1) is 18.7 Å². The number of benzene rings is 1. The number of nitrogens with zero attached hydrogens (tertiary/aromatic N) is 2. The number of hydrazone groups is 1. The molecule has 0 unspecified atom stereocenters. The first-order valence-electron chi connectivity index (χ1n) is 3.56. The van der Waals surface area contributed by atoms with Crippen molar-refractivity contribution in [2.45, 2.75) is 6.42 Å². The van der Waals surface area contributed by atoms with Crippen molar-refractivity contribution < 1.29 is 0 Å². The van der Waals surface area contributed by atoms with Crippen molar-refractivity contribution >= 4 is 6.21 Å². The molecule has 12 heavy (non-hydrogen) atoms. The van der Waals surface area contributed by atoms with E-state index in [0.29, 0.717) is 6.42 Å². The largest absolute Gasteiger partial charge is 0.323 e. The normalized spacial score (nSPS) is 9.92. The van der Waals surface area contributed by atoms with Crippen LogP contribution in [0.25, 0.3) is 0 Å². The van der Waals surface area contributed by atoms with Crippen LogP contribution in [-0.2, 0) is 6.42 Å². The van der Waals surface area contributed by atoms with Gasteiger partial charge in [0, 0.05) is 0 Å². The van der Waals surface area contributed by atoms with Crippen LogP contribution >= 0.6 is 0 Å². The molecule has 0 atom stereocenters. The third-order valence-electron chi connectivity index (χ3n) is 1.46. The second-order valence-electron chi connectivity index (χ2n) is 2.36. The van der Waals surface area contributed by atoms with E-state index in [1.807, 2.05) is 24.3 Å². The van der Waals surface area contributed by atoms with Crippen LogP contribution in [0.3, 0.4) is 0 Å². The highest BCUT2D eigenvalue weighted by Crippen LogP contribution is 2.03. The van der Waals surface area contributed by atoms with Gasteiger partial charge in [-0.25, -0.2) is 0 Å². The van der Waals surface area contributed by atoms with Crippen molar-refractivity contribution in [2.75, 3.05) is 0 Å². The maximum atomic E-state index is 8.43. The maximum absolute atomic E-state index is 8.43. The summed E-state index contributed by atoms with van der Waals surface area (Å²) in [6.07, 6.45) is 1.98. The van der Waals surface area contributed by atoms with Gasteiger partial charge < -0.3 is 5.84 Å². The minimum Gasteiger partial charge on any atom is -0.323 e. The molecule has 0 saturated heterocycles. The van der Waals surface area contributed by atoms with Gasteiger partial charge in [-0.1, -0.05) is 18.2 Å². The number of nitrogens with two attached hydrogens (primary N) is 1. The van der Waals surface area contributed by atoms with Gasteiger partial charge in [0.1, 0.15) is 0 Å². The molecule has 0 radical (unpaired) electrons. The van der Waals surface area contributed by atoms with E-state index in [4.69, 9.17) is 11.1 Å². The van der Waals surface area contributed by atoms with E-state index in [-0.39, 0.29) is 0 Å². The summed E-state index contributed by atoms with van der Waals surface area (Å²) in [5, 5.41) is 11.8. The first kappa shape index (κ1) is 8.28. The third kappa shape index (κ3) is 2.10. The van der Waals surface area contributed by atoms with Crippen molar-refractivity contribution in [1.82, 2.24) is 0 Å². The molecule has 0 fully saturated rings. The van der Waals surface area contributed by atoms with Gasteiger partial charge in [0.25, 0.3) is 0 Å². The fourth-order valence-electron chi connectivity index (χ4n) is 0.961. The van der Waals surface area contributed by atoms with Crippen molar-refractivity contribution in [2.24, 2.45) is 10.9 Å². The Morgan fingerprint density at radius 2 is 2.42 bits per heavy atom. The molecule has 0 saturated carbocycles. The Bertz CT molecular complexity index is 323. The molecule has 3 heteroatoms. The highest BCUT2D eigenvalue weighted by molar-refractivity contribution is 5.79. The number of rotatable bonds is 2. The predicted molar refractivity (Wildman–Crippen MR) is 47.5 cm³/mol. The van der Waals surface area contributed by atoms with E-state index in [2.05, 4.69) is 11.2 Å². The molecule has 0 aromatic heterocycles. The highest BCUT2D eigenvalue weighted by Gasteiger charge is 1.91. The van der Waals surface area contributed by atoms with Crippen molar-refractivity contribution in [1.29, 1.82) is 5.26 Å². The molecule has 3 nitrogen and oxygen atoms in total. The summed E-state index contributed by atoms with van der Waals surface area (Å²) < 4.78 is 0. The Morgan fingerprint density at radius 3 is 3.08 bits per heavy atom. The number of nitriles is 1. The third-order valence-corrected chi connectivity index (χ3v) is 1.46. The molecule has 1 aromatic carbocycles. The maximum Gasteiger partial charge on any atom is 0.0669 e. The van der Waals surface area contributed by atoms with Crippen LogP contribution in [0.4, 0.5) is 0 Å². The van der Waals surface area contributed by atoms with Crippen molar-refractivity contribution in [3.63, 3.8) is 0 Å². The zero-order valence-corrected chi connectivity index (χ0v) is 6.57. The zero-order valence-electron chi connectivity index (χ0n) is 6.57. The van der Waals surface area contributed by atoms with Crippen LogP contribution in [0, 0.1) is 11.3 Å². The monoisotopic (exact) mass is 159 g/mol. The quantitative estimate of drug-likeness (QED) is 0.398. The zero-order chi connectivity index (χ0) is 8.81. The van der Waals surface area contributed by atoms with E-state index in [1.165, 1.54) is 0 Å². The van der Waals surface area contributed by atoms with Gasteiger partial charge in [0.15, 0.2) is 0 Å². The average molecular weight is 159 g/mol. The summed E-state index contributed by atoms with van der Waals surface area (Å²) in [4.78, 5) is 0. The lowest BCUT2D eigenvalue weighted by molar-refractivity contribution is 1.25. The molecule has 1 aromatic rings. The summed E-state index contributed by atoms with van der Waals surface area (Å²) >= 11 is 0. The van der Waals surface area contributed by atoms with Crippen molar-refractivity contribution in [3.05, 3.63) is 35.4 Å². The van der Waals surface area contributed by atoms with Crippen LogP contribution in [-0.4, -0.2) is 6.21 Å². The molecule has 1 rings (SSSR count). The topological polar surface area (TPSA) is 62.2 Å². The Hall–Kier alpha value is -1.82. The van der Waals surface area contributed by atoms with Gasteiger partial charge in [-0.15, -0.1) is 0 Å². The lowest BCUT2D eigenvalue weighted by atomic mass is 10.1. The summed E-state index contributed by atoms with van der Waals surface area (Å²) in [7, 11) is 0. The lowest BCUT2D eigenvalue weighted by Gasteiger charge is -1.95. The van der Waals surface area contributed by atoms with Crippen LogP contribution < -0.4 is 5.84 Å². The molecular weight excluding hydrogens is 150 g/mol. The Morgan fingerprint density at radius 1 is 1.58 bits per heavy atom. The molecule has 0 spiro atoms. The molecule has 0 amide bonds. The summed E-state index contributed by atoms with van der Waals surface area (Å²) in [6.45, 7) is 0. The van der Waals surface area contributed by atoms with Crippen molar-refractivity contribution in [3.8, 4) is 6.07 Å². The minimum atomic E-state index is 0.423. The molecule has 2 N–H and O–H groups in total. The van der Waals surface area contributed by atoms with E-state index < -0.39 is 0 Å². The summed E-state index contributed by atoms with van der Waals surface area (Å²) in [5.74, 6) is 4.99. The Labute approximate surface area is 71.1 Å². The van der Waals surface area contributed by atoms with Crippen LogP contribution in [0.5, 0.6) is 0 Å². The molecule has 0 bridgehead atoms.